The van der Waals surface area contributed by atoms with Crippen LogP contribution in [0.3, 0.4) is 0 Å². The zero-order valence-corrected chi connectivity index (χ0v) is 16.2. The van der Waals surface area contributed by atoms with E-state index in [1.165, 1.54) is 0 Å². The predicted molar refractivity (Wildman–Crippen MR) is 99.8 cm³/mol. The molecule has 1 fully saturated rings. The maximum atomic E-state index is 11.6. The lowest BCUT2D eigenvalue weighted by molar-refractivity contribution is -0.120. The van der Waals surface area contributed by atoms with Gasteiger partial charge < -0.3 is 20.3 Å². The number of ether oxygens (including phenoxy) is 1. The van der Waals surface area contributed by atoms with Crippen LogP contribution >= 0.6 is 35.7 Å². The zero-order chi connectivity index (χ0) is 14.8. The molecule has 0 aromatic heterocycles. The Bertz CT molecular complexity index is 331. The third-order valence-electron chi connectivity index (χ3n) is 3.14. The van der Waals surface area contributed by atoms with E-state index in [-0.39, 0.29) is 36.4 Å². The number of amides is 1. The number of halogens is 1. The van der Waals surface area contributed by atoms with Gasteiger partial charge in [0.25, 0.3) is 0 Å². The first-order valence-corrected chi connectivity index (χ1v) is 8.09. The van der Waals surface area contributed by atoms with Gasteiger partial charge in [-0.25, -0.2) is 0 Å². The van der Waals surface area contributed by atoms with Crippen LogP contribution in [-0.4, -0.2) is 74.7 Å². The molecule has 1 aliphatic rings. The van der Waals surface area contributed by atoms with Crippen LogP contribution in [0.25, 0.3) is 0 Å². The molecule has 8 heteroatoms. The van der Waals surface area contributed by atoms with E-state index in [2.05, 4.69) is 27.4 Å². The standard InChI is InChI=1S/C13H26N4O2S.HI/c1-4-11-10-17(6-8-20-11)13(14-2)16-9-12(18)15-5-7-19-3;/h11H,4-10H2,1-3H3,(H,14,16)(H,15,18);1H. The lowest BCUT2D eigenvalue weighted by Gasteiger charge is -2.34. The molecular weight excluding hydrogens is 403 g/mol. The van der Waals surface area contributed by atoms with E-state index in [1.807, 2.05) is 11.8 Å². The fraction of sp³-hybridized carbons (Fsp3) is 0.846. The Morgan fingerprint density at radius 1 is 1.48 bits per heavy atom. The molecule has 2 N–H and O–H groups in total. The SMILES string of the molecule is CCC1CN(C(=NC)NCC(=O)NCCOC)CCS1.I. The van der Waals surface area contributed by atoms with Crippen molar-refractivity contribution in [2.24, 2.45) is 4.99 Å². The molecule has 1 amide bonds. The summed E-state index contributed by atoms with van der Waals surface area (Å²) in [4.78, 5) is 18.1. The van der Waals surface area contributed by atoms with Crippen LogP contribution in [0.5, 0.6) is 0 Å². The van der Waals surface area contributed by atoms with Crippen LogP contribution in [0.15, 0.2) is 4.99 Å². The molecule has 1 unspecified atom stereocenters. The Hall–Kier alpha value is -0.220. The van der Waals surface area contributed by atoms with Crippen LogP contribution in [-0.2, 0) is 9.53 Å². The number of aliphatic imine (C=N–C) groups is 1. The van der Waals surface area contributed by atoms with E-state index in [0.717, 1.165) is 31.2 Å². The van der Waals surface area contributed by atoms with Crippen molar-refractivity contribution in [3.05, 3.63) is 0 Å². The van der Waals surface area contributed by atoms with Gasteiger partial charge in [-0.2, -0.15) is 11.8 Å². The summed E-state index contributed by atoms with van der Waals surface area (Å²) >= 11 is 2.02. The van der Waals surface area contributed by atoms with Crippen molar-refractivity contribution >= 4 is 47.6 Å². The third-order valence-corrected chi connectivity index (χ3v) is 4.51. The lowest BCUT2D eigenvalue weighted by atomic mass is 10.3. The van der Waals surface area contributed by atoms with Gasteiger partial charge in [-0.3, -0.25) is 9.79 Å². The summed E-state index contributed by atoms with van der Waals surface area (Å²) in [6, 6.07) is 0. The first-order chi connectivity index (χ1) is 9.71. The number of carbonyl (C=O) groups is 1. The number of nitrogens with zero attached hydrogens (tertiary/aromatic N) is 2. The fourth-order valence-electron chi connectivity index (χ4n) is 2.01. The minimum absolute atomic E-state index is 0. The molecule has 1 atom stereocenters. The van der Waals surface area contributed by atoms with Crippen molar-refractivity contribution < 1.29 is 9.53 Å². The van der Waals surface area contributed by atoms with Gasteiger partial charge in [-0.1, -0.05) is 6.92 Å². The van der Waals surface area contributed by atoms with Crippen LogP contribution in [0, 0.1) is 0 Å². The van der Waals surface area contributed by atoms with E-state index < -0.39 is 0 Å². The molecule has 0 bridgehead atoms. The maximum Gasteiger partial charge on any atom is 0.239 e. The van der Waals surface area contributed by atoms with Crippen LogP contribution < -0.4 is 10.6 Å². The molecule has 1 saturated heterocycles. The minimum atomic E-state index is -0.0402. The van der Waals surface area contributed by atoms with Crippen LogP contribution in [0.2, 0.25) is 0 Å². The lowest BCUT2D eigenvalue weighted by Crippen LogP contribution is -2.50. The molecule has 1 aliphatic heterocycles. The van der Waals surface area contributed by atoms with Crippen molar-refractivity contribution in [1.29, 1.82) is 0 Å². The fourth-order valence-corrected chi connectivity index (χ4v) is 3.19. The van der Waals surface area contributed by atoms with Gasteiger partial charge in [0.05, 0.1) is 13.2 Å². The van der Waals surface area contributed by atoms with E-state index in [1.54, 1.807) is 14.2 Å². The molecule has 1 heterocycles. The highest BCUT2D eigenvalue weighted by Gasteiger charge is 2.21. The average Bonchev–Trinajstić information content (AvgIpc) is 2.48. The zero-order valence-electron chi connectivity index (χ0n) is 13.1. The van der Waals surface area contributed by atoms with Crippen molar-refractivity contribution in [2.45, 2.75) is 18.6 Å². The summed E-state index contributed by atoms with van der Waals surface area (Å²) in [5, 5.41) is 6.56. The second kappa shape index (κ2) is 12.3. The topological polar surface area (TPSA) is 66.0 Å². The number of methoxy groups -OCH3 is 1. The second-order valence-electron chi connectivity index (χ2n) is 4.59. The Kier molecular flexibility index (Phi) is 12.2. The summed E-state index contributed by atoms with van der Waals surface area (Å²) in [6.07, 6.45) is 1.16. The highest BCUT2D eigenvalue weighted by atomic mass is 127. The number of hydrogen-bond acceptors (Lipinski definition) is 4. The van der Waals surface area contributed by atoms with Gasteiger partial charge in [0, 0.05) is 44.8 Å². The summed E-state index contributed by atoms with van der Waals surface area (Å²) in [7, 11) is 3.37. The second-order valence-corrected chi connectivity index (χ2v) is 6.00. The maximum absolute atomic E-state index is 11.6. The van der Waals surface area contributed by atoms with E-state index in [4.69, 9.17) is 4.74 Å². The van der Waals surface area contributed by atoms with Crippen LogP contribution in [0.4, 0.5) is 0 Å². The average molecular weight is 430 g/mol. The molecule has 0 aromatic carbocycles. The molecule has 0 spiro atoms. The third kappa shape index (κ3) is 8.10. The van der Waals surface area contributed by atoms with Gasteiger partial charge in [0.15, 0.2) is 5.96 Å². The summed E-state index contributed by atoms with van der Waals surface area (Å²) < 4.78 is 4.89. The molecule has 6 nitrogen and oxygen atoms in total. The van der Waals surface area contributed by atoms with Gasteiger partial charge in [-0.15, -0.1) is 24.0 Å². The number of carbonyl (C=O) groups excluding carboxylic acids is 1. The minimum Gasteiger partial charge on any atom is -0.383 e. The quantitative estimate of drug-likeness (QED) is 0.282. The highest BCUT2D eigenvalue weighted by molar-refractivity contribution is 14.0. The van der Waals surface area contributed by atoms with Gasteiger partial charge in [0.2, 0.25) is 5.91 Å². The van der Waals surface area contributed by atoms with E-state index in [9.17, 15) is 4.79 Å². The Morgan fingerprint density at radius 2 is 2.24 bits per heavy atom. The Balaban J connectivity index is 0.00000400. The Labute approximate surface area is 148 Å². The number of thioether (sulfide) groups is 1. The summed E-state index contributed by atoms with van der Waals surface area (Å²) in [5.41, 5.74) is 0. The van der Waals surface area contributed by atoms with Crippen molar-refractivity contribution in [1.82, 2.24) is 15.5 Å². The monoisotopic (exact) mass is 430 g/mol. The highest BCUT2D eigenvalue weighted by Crippen LogP contribution is 2.20. The summed E-state index contributed by atoms with van der Waals surface area (Å²) in [5.74, 6) is 1.88. The largest absolute Gasteiger partial charge is 0.383 e. The molecule has 0 aliphatic carbocycles. The smallest absolute Gasteiger partial charge is 0.239 e. The van der Waals surface area contributed by atoms with Gasteiger partial charge in [0.1, 0.15) is 0 Å². The Morgan fingerprint density at radius 3 is 2.86 bits per heavy atom. The number of nitrogens with one attached hydrogen (secondary N) is 2. The van der Waals surface area contributed by atoms with Crippen LogP contribution in [0.1, 0.15) is 13.3 Å². The molecular formula is C13H27IN4O2S. The van der Waals surface area contributed by atoms with Crippen molar-refractivity contribution in [2.75, 3.05) is 52.7 Å². The number of hydrogen-bond donors (Lipinski definition) is 2. The molecule has 0 radical (unpaired) electrons. The van der Waals surface area contributed by atoms with Gasteiger partial charge >= 0.3 is 0 Å². The van der Waals surface area contributed by atoms with Crippen molar-refractivity contribution in [3.8, 4) is 0 Å². The van der Waals surface area contributed by atoms with E-state index >= 15 is 0 Å². The molecule has 0 aromatic rings. The first kappa shape index (κ1) is 20.8. The van der Waals surface area contributed by atoms with E-state index in [0.29, 0.717) is 18.4 Å². The molecule has 124 valence electrons. The normalized spacial score (nSPS) is 18.9. The number of guanidine groups is 1. The molecule has 0 saturated carbocycles. The van der Waals surface area contributed by atoms with Crippen molar-refractivity contribution in [3.63, 3.8) is 0 Å². The first-order valence-electron chi connectivity index (χ1n) is 7.04. The van der Waals surface area contributed by atoms with Gasteiger partial charge in [-0.05, 0) is 6.42 Å². The number of rotatable bonds is 6. The summed E-state index contributed by atoms with van der Waals surface area (Å²) in [6.45, 7) is 5.49. The molecule has 1 rings (SSSR count). The predicted octanol–water partition coefficient (Wildman–Crippen LogP) is 0.770. The molecule has 21 heavy (non-hydrogen) atoms.